The Bertz CT molecular complexity index is 754. The SMILES string of the molecule is CC(Nc1ccc2cn[nH]c2c1)c1ccc(Cl)c(F)c1. The van der Waals surface area contributed by atoms with Crippen molar-refractivity contribution in [1.29, 1.82) is 0 Å². The van der Waals surface area contributed by atoms with Crippen LogP contribution in [0.15, 0.2) is 42.6 Å². The Balaban J connectivity index is 1.83. The summed E-state index contributed by atoms with van der Waals surface area (Å²) in [7, 11) is 0. The minimum absolute atomic E-state index is 0.0258. The van der Waals surface area contributed by atoms with Crippen LogP contribution in [0.5, 0.6) is 0 Å². The summed E-state index contributed by atoms with van der Waals surface area (Å²) in [5.41, 5.74) is 2.76. The third kappa shape index (κ3) is 2.47. The fraction of sp³-hybridized carbons (Fsp3) is 0.133. The van der Waals surface area contributed by atoms with Gasteiger partial charge in [0.1, 0.15) is 5.82 Å². The molecule has 0 spiro atoms. The number of rotatable bonds is 3. The number of hydrogen-bond acceptors (Lipinski definition) is 2. The van der Waals surface area contributed by atoms with E-state index in [1.165, 1.54) is 6.07 Å². The third-order valence-electron chi connectivity index (χ3n) is 3.27. The lowest BCUT2D eigenvalue weighted by Gasteiger charge is -2.16. The molecule has 0 saturated heterocycles. The van der Waals surface area contributed by atoms with E-state index < -0.39 is 5.82 Å². The number of aromatic nitrogens is 2. The van der Waals surface area contributed by atoms with Gasteiger partial charge in [0.2, 0.25) is 0 Å². The molecule has 2 N–H and O–H groups in total. The van der Waals surface area contributed by atoms with E-state index in [-0.39, 0.29) is 11.1 Å². The molecule has 0 bridgehead atoms. The number of aromatic amines is 1. The summed E-state index contributed by atoms with van der Waals surface area (Å²) in [6.45, 7) is 1.97. The van der Waals surface area contributed by atoms with Crippen LogP contribution in [0.1, 0.15) is 18.5 Å². The first-order valence-electron chi connectivity index (χ1n) is 6.28. The lowest BCUT2D eigenvalue weighted by atomic mass is 10.1. The van der Waals surface area contributed by atoms with Gasteiger partial charge in [-0.3, -0.25) is 5.10 Å². The highest BCUT2D eigenvalue weighted by molar-refractivity contribution is 6.30. The highest BCUT2D eigenvalue weighted by Gasteiger charge is 2.09. The van der Waals surface area contributed by atoms with Gasteiger partial charge in [0, 0.05) is 17.1 Å². The highest BCUT2D eigenvalue weighted by atomic mass is 35.5. The Hall–Kier alpha value is -2.07. The van der Waals surface area contributed by atoms with Crippen molar-refractivity contribution in [1.82, 2.24) is 10.2 Å². The molecular weight excluding hydrogens is 277 g/mol. The predicted octanol–water partition coefficient (Wildman–Crippen LogP) is 4.53. The Morgan fingerprint density at radius 3 is 2.90 bits per heavy atom. The first kappa shape index (κ1) is 12.9. The van der Waals surface area contributed by atoms with Crippen molar-refractivity contribution in [3.8, 4) is 0 Å². The maximum absolute atomic E-state index is 13.5. The topological polar surface area (TPSA) is 40.7 Å². The molecule has 0 aliphatic carbocycles. The van der Waals surface area contributed by atoms with Gasteiger partial charge in [0.05, 0.1) is 16.7 Å². The molecule has 3 nitrogen and oxygen atoms in total. The van der Waals surface area contributed by atoms with Gasteiger partial charge in [-0.05, 0) is 42.8 Å². The summed E-state index contributed by atoms with van der Waals surface area (Å²) in [5.74, 6) is -0.401. The minimum Gasteiger partial charge on any atom is -0.378 e. The fourth-order valence-electron chi connectivity index (χ4n) is 2.14. The molecule has 2 aromatic carbocycles. The van der Waals surface area contributed by atoms with Crippen molar-refractivity contribution in [2.45, 2.75) is 13.0 Å². The lowest BCUT2D eigenvalue weighted by Crippen LogP contribution is -2.06. The molecule has 3 aromatic rings. The van der Waals surface area contributed by atoms with Crippen LogP contribution in [0.3, 0.4) is 0 Å². The van der Waals surface area contributed by atoms with Gasteiger partial charge < -0.3 is 5.32 Å². The maximum Gasteiger partial charge on any atom is 0.142 e. The second-order valence-corrected chi connectivity index (χ2v) is 5.12. The lowest BCUT2D eigenvalue weighted by molar-refractivity contribution is 0.624. The zero-order valence-electron chi connectivity index (χ0n) is 10.8. The van der Waals surface area contributed by atoms with Crippen LogP contribution in [0.4, 0.5) is 10.1 Å². The average Bonchev–Trinajstić information content (AvgIpc) is 2.89. The van der Waals surface area contributed by atoms with Crippen molar-refractivity contribution in [3.05, 3.63) is 59.0 Å². The Kier molecular flexibility index (Phi) is 3.32. The van der Waals surface area contributed by atoms with Crippen molar-refractivity contribution < 1.29 is 4.39 Å². The second kappa shape index (κ2) is 5.13. The van der Waals surface area contributed by atoms with E-state index in [1.807, 2.05) is 31.2 Å². The number of benzene rings is 2. The van der Waals surface area contributed by atoms with Gasteiger partial charge in [-0.15, -0.1) is 0 Å². The summed E-state index contributed by atoms with van der Waals surface area (Å²) in [6.07, 6.45) is 1.77. The third-order valence-corrected chi connectivity index (χ3v) is 3.58. The maximum atomic E-state index is 13.5. The van der Waals surface area contributed by atoms with Gasteiger partial charge >= 0.3 is 0 Å². The van der Waals surface area contributed by atoms with E-state index in [1.54, 1.807) is 12.3 Å². The molecule has 0 aliphatic heterocycles. The normalized spacial score (nSPS) is 12.6. The van der Waals surface area contributed by atoms with E-state index in [0.717, 1.165) is 22.2 Å². The van der Waals surface area contributed by atoms with Crippen LogP contribution in [0.25, 0.3) is 10.9 Å². The van der Waals surface area contributed by atoms with E-state index in [4.69, 9.17) is 11.6 Å². The highest BCUT2D eigenvalue weighted by Crippen LogP contribution is 2.24. The molecule has 1 aromatic heterocycles. The van der Waals surface area contributed by atoms with Crippen molar-refractivity contribution in [3.63, 3.8) is 0 Å². The molecule has 5 heteroatoms. The molecule has 1 unspecified atom stereocenters. The van der Waals surface area contributed by atoms with Gasteiger partial charge in [-0.1, -0.05) is 17.7 Å². The van der Waals surface area contributed by atoms with Gasteiger partial charge in [-0.2, -0.15) is 5.10 Å². The number of nitrogens with one attached hydrogen (secondary N) is 2. The summed E-state index contributed by atoms with van der Waals surface area (Å²) >= 11 is 5.69. The van der Waals surface area contributed by atoms with E-state index in [0.29, 0.717) is 0 Å². The first-order chi connectivity index (χ1) is 9.63. The fourth-order valence-corrected chi connectivity index (χ4v) is 2.26. The molecule has 0 radical (unpaired) electrons. The summed E-state index contributed by atoms with van der Waals surface area (Å²) < 4.78 is 13.5. The molecule has 0 amide bonds. The minimum atomic E-state index is -0.401. The molecule has 0 saturated carbocycles. The number of fused-ring (bicyclic) bond motifs is 1. The molecule has 20 heavy (non-hydrogen) atoms. The molecule has 3 rings (SSSR count). The Labute approximate surface area is 120 Å². The average molecular weight is 290 g/mol. The van der Waals surface area contributed by atoms with Crippen LogP contribution < -0.4 is 5.32 Å². The number of hydrogen-bond donors (Lipinski definition) is 2. The largest absolute Gasteiger partial charge is 0.378 e. The van der Waals surface area contributed by atoms with E-state index in [9.17, 15) is 4.39 Å². The summed E-state index contributed by atoms with van der Waals surface area (Å²) in [5, 5.41) is 11.4. The standard InChI is InChI=1S/C15H13ClFN3/c1-9(10-3-5-13(16)14(17)6-10)19-12-4-2-11-8-18-20-15(11)7-12/h2-9,19H,1H3,(H,18,20). The zero-order chi connectivity index (χ0) is 14.1. The van der Waals surface area contributed by atoms with Gasteiger partial charge in [-0.25, -0.2) is 4.39 Å². The molecular formula is C15H13ClFN3. The quantitative estimate of drug-likeness (QED) is 0.744. The second-order valence-electron chi connectivity index (χ2n) is 4.71. The van der Waals surface area contributed by atoms with Gasteiger partial charge in [0.25, 0.3) is 0 Å². The summed E-state index contributed by atoms with van der Waals surface area (Å²) in [4.78, 5) is 0. The van der Waals surface area contributed by atoms with Crippen molar-refractivity contribution >= 4 is 28.2 Å². The summed E-state index contributed by atoms with van der Waals surface area (Å²) in [6, 6.07) is 10.7. The zero-order valence-corrected chi connectivity index (χ0v) is 11.6. The number of H-pyrrole nitrogens is 1. The van der Waals surface area contributed by atoms with Gasteiger partial charge in [0.15, 0.2) is 0 Å². The van der Waals surface area contributed by atoms with E-state index >= 15 is 0 Å². The smallest absolute Gasteiger partial charge is 0.142 e. The molecule has 102 valence electrons. The predicted molar refractivity (Wildman–Crippen MR) is 79.5 cm³/mol. The van der Waals surface area contributed by atoms with Crippen molar-refractivity contribution in [2.24, 2.45) is 0 Å². The number of halogens is 2. The molecule has 1 heterocycles. The van der Waals surface area contributed by atoms with Crippen LogP contribution in [-0.2, 0) is 0 Å². The van der Waals surface area contributed by atoms with Crippen LogP contribution in [0.2, 0.25) is 5.02 Å². The van der Waals surface area contributed by atoms with E-state index in [2.05, 4.69) is 15.5 Å². The number of nitrogens with zero attached hydrogens (tertiary/aromatic N) is 1. The first-order valence-corrected chi connectivity index (χ1v) is 6.66. The molecule has 0 fully saturated rings. The van der Waals surface area contributed by atoms with Crippen LogP contribution >= 0.6 is 11.6 Å². The Morgan fingerprint density at radius 2 is 2.10 bits per heavy atom. The van der Waals surface area contributed by atoms with Crippen molar-refractivity contribution in [2.75, 3.05) is 5.32 Å². The molecule has 1 atom stereocenters. The Morgan fingerprint density at radius 1 is 1.25 bits per heavy atom. The van der Waals surface area contributed by atoms with Crippen LogP contribution in [0, 0.1) is 5.82 Å². The number of anilines is 1. The monoisotopic (exact) mass is 289 g/mol. The van der Waals surface area contributed by atoms with Crippen LogP contribution in [-0.4, -0.2) is 10.2 Å². The molecule has 0 aliphatic rings.